The Labute approximate surface area is 185 Å². The van der Waals surface area contributed by atoms with E-state index in [2.05, 4.69) is 5.32 Å². The summed E-state index contributed by atoms with van der Waals surface area (Å²) in [5.41, 5.74) is -0.144. The molecular formula is C23H27FN2O6. The van der Waals surface area contributed by atoms with Crippen molar-refractivity contribution in [2.24, 2.45) is 0 Å². The first kappa shape index (κ1) is 23.6. The van der Waals surface area contributed by atoms with Crippen molar-refractivity contribution in [2.75, 3.05) is 11.9 Å². The predicted molar refractivity (Wildman–Crippen MR) is 116 cm³/mol. The Morgan fingerprint density at radius 1 is 1.22 bits per heavy atom. The highest BCUT2D eigenvalue weighted by molar-refractivity contribution is 5.90. The van der Waals surface area contributed by atoms with Gasteiger partial charge < -0.3 is 19.5 Å². The van der Waals surface area contributed by atoms with Crippen molar-refractivity contribution in [1.82, 2.24) is 0 Å². The molecule has 2 aromatic rings. The molecule has 0 amide bonds. The van der Waals surface area contributed by atoms with E-state index >= 15 is 0 Å². The standard InChI is InChI=1S/C23H27FN2O6/c1-23(2,3)32-22(27)16-8-10-18(17(24)13-16)25-19-9-7-15(12-20(19)26(28)29)14-31-21-6-4-5-11-30-21/h7-10,12-13,21,25H,4-6,11,14H2,1-3H3. The molecule has 2 aromatic carbocycles. The second kappa shape index (κ2) is 10.1. The largest absolute Gasteiger partial charge is 0.456 e. The highest BCUT2D eigenvalue weighted by Gasteiger charge is 2.21. The Morgan fingerprint density at radius 3 is 2.59 bits per heavy atom. The van der Waals surface area contributed by atoms with Gasteiger partial charge in [0.1, 0.15) is 17.1 Å². The van der Waals surface area contributed by atoms with E-state index in [1.54, 1.807) is 26.8 Å². The lowest BCUT2D eigenvalue weighted by atomic mass is 10.1. The van der Waals surface area contributed by atoms with Gasteiger partial charge in [-0.15, -0.1) is 0 Å². The summed E-state index contributed by atoms with van der Waals surface area (Å²) in [7, 11) is 0. The first-order valence-electron chi connectivity index (χ1n) is 10.4. The van der Waals surface area contributed by atoms with Crippen LogP contribution in [-0.4, -0.2) is 29.4 Å². The molecule has 1 aliphatic heterocycles. The fourth-order valence-corrected chi connectivity index (χ4v) is 3.18. The van der Waals surface area contributed by atoms with E-state index in [0.717, 1.165) is 25.3 Å². The highest BCUT2D eigenvalue weighted by atomic mass is 19.1. The minimum atomic E-state index is -0.732. The maximum Gasteiger partial charge on any atom is 0.338 e. The molecule has 1 aliphatic rings. The van der Waals surface area contributed by atoms with Crippen LogP contribution in [0.1, 0.15) is 56.0 Å². The summed E-state index contributed by atoms with van der Waals surface area (Å²) >= 11 is 0. The number of nitrogens with zero attached hydrogens (tertiary/aromatic N) is 1. The predicted octanol–water partition coefficient (Wildman–Crippen LogP) is 5.48. The zero-order valence-electron chi connectivity index (χ0n) is 18.4. The SMILES string of the molecule is CC(C)(C)OC(=O)c1ccc(Nc2ccc(COC3CCCCO3)cc2[N+](=O)[O-])c(F)c1. The Morgan fingerprint density at radius 2 is 1.97 bits per heavy atom. The van der Waals surface area contributed by atoms with Crippen molar-refractivity contribution in [3.63, 3.8) is 0 Å². The number of nitrogens with one attached hydrogen (secondary N) is 1. The van der Waals surface area contributed by atoms with Crippen LogP contribution in [0.15, 0.2) is 36.4 Å². The number of halogens is 1. The summed E-state index contributed by atoms with van der Waals surface area (Å²) in [4.78, 5) is 23.2. The summed E-state index contributed by atoms with van der Waals surface area (Å²) < 4.78 is 31.0. The third-order valence-corrected chi connectivity index (χ3v) is 4.71. The second-order valence-corrected chi connectivity index (χ2v) is 8.54. The van der Waals surface area contributed by atoms with Crippen LogP contribution >= 0.6 is 0 Å². The van der Waals surface area contributed by atoms with Gasteiger partial charge in [0.15, 0.2) is 6.29 Å². The minimum Gasteiger partial charge on any atom is -0.456 e. The van der Waals surface area contributed by atoms with E-state index < -0.39 is 22.3 Å². The van der Waals surface area contributed by atoms with Crippen LogP contribution in [0.4, 0.5) is 21.5 Å². The maximum atomic E-state index is 14.6. The molecule has 0 bridgehead atoms. The molecule has 9 heteroatoms. The van der Waals surface area contributed by atoms with Crippen molar-refractivity contribution in [3.05, 3.63) is 63.5 Å². The summed E-state index contributed by atoms with van der Waals surface area (Å²) in [5.74, 6) is -1.38. The number of nitro benzene ring substituents is 1. The normalized spacial score (nSPS) is 16.4. The lowest BCUT2D eigenvalue weighted by Crippen LogP contribution is -2.24. The number of hydrogen-bond donors (Lipinski definition) is 1. The Bertz CT molecular complexity index is 983. The molecule has 3 rings (SSSR count). The molecule has 1 N–H and O–H groups in total. The lowest BCUT2D eigenvalue weighted by Gasteiger charge is -2.22. The molecule has 172 valence electrons. The number of carbonyl (C=O) groups is 1. The number of esters is 1. The van der Waals surface area contributed by atoms with E-state index in [1.807, 2.05) is 0 Å². The van der Waals surface area contributed by atoms with Gasteiger partial charge in [-0.1, -0.05) is 6.07 Å². The number of anilines is 2. The van der Waals surface area contributed by atoms with Crippen LogP contribution in [0, 0.1) is 15.9 Å². The molecule has 0 aromatic heterocycles. The van der Waals surface area contributed by atoms with Crippen molar-refractivity contribution < 1.29 is 28.3 Å². The zero-order chi connectivity index (χ0) is 23.3. The molecule has 0 spiro atoms. The van der Waals surface area contributed by atoms with Crippen LogP contribution in [-0.2, 0) is 20.8 Å². The van der Waals surface area contributed by atoms with Crippen LogP contribution in [0.5, 0.6) is 0 Å². The van der Waals surface area contributed by atoms with Crippen LogP contribution in [0.25, 0.3) is 0 Å². The van der Waals surface area contributed by atoms with Gasteiger partial charge in [-0.3, -0.25) is 10.1 Å². The quantitative estimate of drug-likeness (QED) is 0.342. The van der Waals surface area contributed by atoms with Gasteiger partial charge in [0.2, 0.25) is 0 Å². The summed E-state index contributed by atoms with van der Waals surface area (Å²) in [5, 5.41) is 14.3. The Balaban J connectivity index is 1.73. The van der Waals surface area contributed by atoms with Crippen molar-refractivity contribution in [1.29, 1.82) is 0 Å². The Hall–Kier alpha value is -3.04. The van der Waals surface area contributed by atoms with Gasteiger partial charge >= 0.3 is 5.97 Å². The van der Waals surface area contributed by atoms with E-state index in [-0.39, 0.29) is 35.5 Å². The van der Waals surface area contributed by atoms with Gasteiger partial charge in [-0.25, -0.2) is 9.18 Å². The minimum absolute atomic E-state index is 0.0000132. The molecule has 8 nitrogen and oxygen atoms in total. The molecule has 1 heterocycles. The summed E-state index contributed by atoms with van der Waals surface area (Å²) in [6.45, 7) is 5.96. The first-order valence-corrected chi connectivity index (χ1v) is 10.4. The number of carbonyl (C=O) groups excluding carboxylic acids is 1. The molecule has 1 saturated heterocycles. The van der Waals surface area contributed by atoms with Crippen molar-refractivity contribution in [3.8, 4) is 0 Å². The first-order chi connectivity index (χ1) is 15.1. The fourth-order valence-electron chi connectivity index (χ4n) is 3.18. The average Bonchev–Trinajstić information content (AvgIpc) is 2.73. The summed E-state index contributed by atoms with van der Waals surface area (Å²) in [6, 6.07) is 8.34. The van der Waals surface area contributed by atoms with Crippen LogP contribution < -0.4 is 5.32 Å². The van der Waals surface area contributed by atoms with Gasteiger partial charge in [-0.2, -0.15) is 0 Å². The van der Waals surface area contributed by atoms with Crippen molar-refractivity contribution >= 4 is 23.0 Å². The maximum absolute atomic E-state index is 14.6. The number of nitro groups is 1. The molecular weight excluding hydrogens is 419 g/mol. The average molecular weight is 446 g/mol. The van der Waals surface area contributed by atoms with Gasteiger partial charge in [0.05, 0.1) is 22.8 Å². The van der Waals surface area contributed by atoms with Gasteiger partial charge in [0.25, 0.3) is 5.69 Å². The number of rotatable bonds is 7. The zero-order valence-corrected chi connectivity index (χ0v) is 18.4. The van der Waals surface area contributed by atoms with E-state index in [0.29, 0.717) is 12.2 Å². The molecule has 1 atom stereocenters. The number of hydrogen-bond acceptors (Lipinski definition) is 7. The van der Waals surface area contributed by atoms with Gasteiger partial charge in [-0.05, 0) is 69.9 Å². The summed E-state index contributed by atoms with van der Waals surface area (Å²) in [6.07, 6.45) is 2.51. The van der Waals surface area contributed by atoms with E-state index in [9.17, 15) is 19.3 Å². The molecule has 0 aliphatic carbocycles. The number of benzene rings is 2. The third-order valence-electron chi connectivity index (χ3n) is 4.71. The van der Waals surface area contributed by atoms with Crippen molar-refractivity contribution in [2.45, 2.75) is 58.5 Å². The molecule has 1 fully saturated rings. The Kier molecular flexibility index (Phi) is 7.42. The molecule has 0 radical (unpaired) electrons. The molecule has 0 saturated carbocycles. The third kappa shape index (κ3) is 6.48. The van der Waals surface area contributed by atoms with Gasteiger partial charge in [0, 0.05) is 12.7 Å². The fraction of sp³-hybridized carbons (Fsp3) is 0.435. The highest BCUT2D eigenvalue weighted by Crippen LogP contribution is 2.31. The van der Waals surface area contributed by atoms with Crippen LogP contribution in [0.3, 0.4) is 0 Å². The van der Waals surface area contributed by atoms with E-state index in [1.165, 1.54) is 24.3 Å². The number of ether oxygens (including phenoxy) is 3. The molecule has 1 unspecified atom stereocenters. The molecule has 32 heavy (non-hydrogen) atoms. The van der Waals surface area contributed by atoms with Crippen LogP contribution in [0.2, 0.25) is 0 Å². The lowest BCUT2D eigenvalue weighted by molar-refractivity contribution is -0.384. The second-order valence-electron chi connectivity index (χ2n) is 8.54. The topological polar surface area (TPSA) is 99.9 Å². The van der Waals surface area contributed by atoms with E-state index in [4.69, 9.17) is 14.2 Å². The monoisotopic (exact) mass is 446 g/mol. The smallest absolute Gasteiger partial charge is 0.338 e.